The first kappa shape index (κ1) is 14.9. The molecule has 4 heteroatoms. The molecule has 3 atom stereocenters. The van der Waals surface area contributed by atoms with E-state index in [2.05, 4.69) is 43.5 Å². The molecule has 0 N–H and O–H groups in total. The Kier molecular flexibility index (Phi) is 3.54. The fourth-order valence-electron chi connectivity index (χ4n) is 4.26. The van der Waals surface area contributed by atoms with E-state index in [0.717, 1.165) is 18.7 Å². The minimum Gasteiger partial charge on any atom is -0.373 e. The van der Waals surface area contributed by atoms with E-state index in [-0.39, 0.29) is 18.1 Å². The van der Waals surface area contributed by atoms with Gasteiger partial charge in [0.25, 0.3) is 0 Å². The van der Waals surface area contributed by atoms with E-state index in [1.807, 2.05) is 4.90 Å². The first-order chi connectivity index (χ1) is 11.1. The van der Waals surface area contributed by atoms with E-state index in [4.69, 9.17) is 4.74 Å². The lowest BCUT2D eigenvalue weighted by molar-refractivity contribution is -0.117. The molecule has 3 nitrogen and oxygen atoms in total. The number of rotatable bonds is 1. The van der Waals surface area contributed by atoms with Gasteiger partial charge in [-0.25, -0.2) is 0 Å². The molecule has 2 aromatic rings. The van der Waals surface area contributed by atoms with Gasteiger partial charge in [0.05, 0.1) is 17.8 Å². The van der Waals surface area contributed by atoms with E-state index < -0.39 is 0 Å². The highest BCUT2D eigenvalue weighted by molar-refractivity contribution is 7.10. The SMILES string of the molecule is CC(=O)N1c2cc(C)cc(C)c2[C@@H]2OCC[C@@H]2[C@@H]1c1cccs1. The predicted octanol–water partition coefficient (Wildman–Crippen LogP) is 4.55. The van der Waals surface area contributed by atoms with Crippen LogP contribution in [-0.2, 0) is 9.53 Å². The van der Waals surface area contributed by atoms with Crippen LogP contribution in [-0.4, -0.2) is 12.5 Å². The number of hydrogen-bond acceptors (Lipinski definition) is 3. The molecular formula is C19H21NO2S. The minimum atomic E-state index is 0.0914. The molecule has 1 aromatic carbocycles. The summed E-state index contributed by atoms with van der Waals surface area (Å²) in [5.74, 6) is 0.450. The standard InChI is InChI=1S/C19H21NO2S/c1-11-9-12(2)17-15(10-11)20(13(3)21)18(16-5-4-8-23-16)14-6-7-22-19(14)17/h4-5,8-10,14,18-19H,6-7H2,1-3H3/t14-,18-,19-/m1/s1. The van der Waals surface area contributed by atoms with Gasteiger partial charge in [-0.2, -0.15) is 0 Å². The molecular weight excluding hydrogens is 306 g/mol. The number of hydrogen-bond donors (Lipinski definition) is 0. The van der Waals surface area contributed by atoms with Crippen LogP contribution >= 0.6 is 11.3 Å². The van der Waals surface area contributed by atoms with Crippen molar-refractivity contribution >= 4 is 22.9 Å². The first-order valence-electron chi connectivity index (χ1n) is 8.14. The Balaban J connectivity index is 1.97. The Labute approximate surface area is 140 Å². The van der Waals surface area contributed by atoms with Gasteiger partial charge in [0.15, 0.2) is 0 Å². The maximum Gasteiger partial charge on any atom is 0.224 e. The fourth-order valence-corrected chi connectivity index (χ4v) is 5.15. The maximum atomic E-state index is 12.6. The van der Waals surface area contributed by atoms with Crippen LogP contribution in [0.15, 0.2) is 29.6 Å². The van der Waals surface area contributed by atoms with E-state index in [0.29, 0.717) is 5.92 Å². The molecule has 1 fully saturated rings. The summed E-state index contributed by atoms with van der Waals surface area (Å²) < 4.78 is 6.13. The zero-order valence-electron chi connectivity index (χ0n) is 13.7. The summed E-state index contributed by atoms with van der Waals surface area (Å²) in [4.78, 5) is 15.8. The highest BCUT2D eigenvalue weighted by Gasteiger charge is 2.47. The van der Waals surface area contributed by atoms with Crippen LogP contribution in [0.1, 0.15) is 47.1 Å². The maximum absolute atomic E-state index is 12.6. The largest absolute Gasteiger partial charge is 0.373 e. The van der Waals surface area contributed by atoms with E-state index in [9.17, 15) is 4.79 Å². The lowest BCUT2D eigenvalue weighted by Gasteiger charge is -2.43. The second kappa shape index (κ2) is 5.46. The van der Waals surface area contributed by atoms with Crippen molar-refractivity contribution in [3.05, 3.63) is 51.2 Å². The molecule has 0 radical (unpaired) electrons. The van der Waals surface area contributed by atoms with Gasteiger partial charge in [-0.3, -0.25) is 4.79 Å². The zero-order chi connectivity index (χ0) is 16.1. The number of carbonyl (C=O) groups excluding carboxylic acids is 1. The van der Waals surface area contributed by atoms with Crippen molar-refractivity contribution in [2.75, 3.05) is 11.5 Å². The summed E-state index contributed by atoms with van der Waals surface area (Å²) in [6.45, 7) is 6.68. The van der Waals surface area contributed by atoms with Crippen molar-refractivity contribution in [1.82, 2.24) is 0 Å². The van der Waals surface area contributed by atoms with E-state index in [1.54, 1.807) is 18.3 Å². The van der Waals surface area contributed by atoms with Crippen LogP contribution in [0.25, 0.3) is 0 Å². The Morgan fingerprint density at radius 3 is 2.87 bits per heavy atom. The molecule has 1 saturated heterocycles. The van der Waals surface area contributed by atoms with Gasteiger partial charge < -0.3 is 9.64 Å². The number of carbonyl (C=O) groups is 1. The van der Waals surface area contributed by atoms with Crippen molar-refractivity contribution in [1.29, 1.82) is 0 Å². The fraction of sp³-hybridized carbons (Fsp3) is 0.421. The molecule has 23 heavy (non-hydrogen) atoms. The molecule has 2 aliphatic heterocycles. The number of amides is 1. The van der Waals surface area contributed by atoms with Gasteiger partial charge in [-0.1, -0.05) is 12.1 Å². The van der Waals surface area contributed by atoms with Crippen LogP contribution in [0.4, 0.5) is 5.69 Å². The van der Waals surface area contributed by atoms with Crippen molar-refractivity contribution in [2.24, 2.45) is 5.92 Å². The van der Waals surface area contributed by atoms with Gasteiger partial charge in [-0.05, 0) is 48.9 Å². The van der Waals surface area contributed by atoms with Crippen molar-refractivity contribution < 1.29 is 9.53 Å². The van der Waals surface area contributed by atoms with Gasteiger partial charge in [0.2, 0.25) is 5.91 Å². The molecule has 0 unspecified atom stereocenters. The van der Waals surface area contributed by atoms with Crippen molar-refractivity contribution in [2.45, 2.75) is 39.3 Å². The van der Waals surface area contributed by atoms with Crippen LogP contribution in [0.5, 0.6) is 0 Å². The lowest BCUT2D eigenvalue weighted by Crippen LogP contribution is -2.42. The number of anilines is 1. The van der Waals surface area contributed by atoms with Gasteiger partial charge in [0, 0.05) is 29.9 Å². The molecule has 120 valence electrons. The predicted molar refractivity (Wildman–Crippen MR) is 92.9 cm³/mol. The van der Waals surface area contributed by atoms with Crippen molar-refractivity contribution in [3.63, 3.8) is 0 Å². The molecule has 2 aliphatic rings. The van der Waals surface area contributed by atoms with Crippen LogP contribution in [0.2, 0.25) is 0 Å². The molecule has 0 spiro atoms. The van der Waals surface area contributed by atoms with Crippen LogP contribution < -0.4 is 4.90 Å². The summed E-state index contributed by atoms with van der Waals surface area (Å²) in [6.07, 6.45) is 1.11. The topological polar surface area (TPSA) is 29.5 Å². The number of nitrogens with zero attached hydrogens (tertiary/aromatic N) is 1. The summed E-state index contributed by atoms with van der Waals surface area (Å²) in [7, 11) is 0. The third kappa shape index (κ3) is 2.24. The summed E-state index contributed by atoms with van der Waals surface area (Å²) in [6, 6.07) is 8.65. The average Bonchev–Trinajstić information content (AvgIpc) is 3.16. The first-order valence-corrected chi connectivity index (χ1v) is 9.02. The number of aryl methyl sites for hydroxylation is 2. The van der Waals surface area contributed by atoms with E-state index in [1.165, 1.54) is 21.6 Å². The number of fused-ring (bicyclic) bond motifs is 3. The molecule has 1 amide bonds. The minimum absolute atomic E-state index is 0.0914. The monoisotopic (exact) mass is 327 g/mol. The highest BCUT2D eigenvalue weighted by atomic mass is 32.1. The van der Waals surface area contributed by atoms with Crippen LogP contribution in [0, 0.1) is 19.8 Å². The number of ether oxygens (including phenoxy) is 1. The molecule has 0 aliphatic carbocycles. The normalized spacial score (nSPS) is 26.0. The second-order valence-corrected chi connectivity index (χ2v) is 7.59. The molecule has 3 heterocycles. The summed E-state index contributed by atoms with van der Waals surface area (Å²) in [5.41, 5.74) is 4.67. The van der Waals surface area contributed by atoms with Gasteiger partial charge in [-0.15, -0.1) is 11.3 Å². The number of thiophene rings is 1. The third-order valence-electron chi connectivity index (χ3n) is 5.05. The second-order valence-electron chi connectivity index (χ2n) is 6.61. The molecule has 0 saturated carbocycles. The number of benzene rings is 1. The van der Waals surface area contributed by atoms with Gasteiger partial charge >= 0.3 is 0 Å². The lowest BCUT2D eigenvalue weighted by atomic mass is 9.80. The Morgan fingerprint density at radius 1 is 1.35 bits per heavy atom. The summed E-state index contributed by atoms with van der Waals surface area (Å²) in [5, 5.41) is 2.09. The molecule has 4 rings (SSSR count). The molecule has 1 aromatic heterocycles. The van der Waals surface area contributed by atoms with Crippen LogP contribution in [0.3, 0.4) is 0 Å². The molecule has 0 bridgehead atoms. The van der Waals surface area contributed by atoms with E-state index >= 15 is 0 Å². The highest BCUT2D eigenvalue weighted by Crippen LogP contribution is 2.54. The quantitative estimate of drug-likeness (QED) is 0.769. The van der Waals surface area contributed by atoms with Crippen molar-refractivity contribution in [3.8, 4) is 0 Å². The Bertz CT molecular complexity index is 753. The zero-order valence-corrected chi connectivity index (χ0v) is 14.5. The average molecular weight is 327 g/mol. The van der Waals surface area contributed by atoms with Gasteiger partial charge in [0.1, 0.15) is 0 Å². The third-order valence-corrected chi connectivity index (χ3v) is 5.99. The Hall–Kier alpha value is -1.65. The Morgan fingerprint density at radius 2 is 2.17 bits per heavy atom. The summed E-state index contributed by atoms with van der Waals surface area (Å²) >= 11 is 1.73. The smallest absolute Gasteiger partial charge is 0.224 e.